The summed E-state index contributed by atoms with van der Waals surface area (Å²) < 4.78 is 5.95. The van der Waals surface area contributed by atoms with Crippen LogP contribution >= 0.6 is 0 Å². The van der Waals surface area contributed by atoms with Crippen molar-refractivity contribution in [2.24, 2.45) is 0 Å². The Morgan fingerprint density at radius 2 is 1.68 bits per heavy atom. The molecule has 0 aliphatic carbocycles. The van der Waals surface area contributed by atoms with Crippen LogP contribution in [0.15, 0.2) is 79.5 Å². The second-order valence-corrected chi connectivity index (χ2v) is 8.19. The highest BCUT2D eigenvalue weighted by Gasteiger charge is 2.25. The molecule has 7 heteroatoms. The number of aliphatic hydroxyl groups excluding tert-OH is 1. The van der Waals surface area contributed by atoms with E-state index in [4.69, 9.17) is 9.84 Å². The molecule has 0 saturated carbocycles. The Morgan fingerprint density at radius 1 is 1.00 bits per heavy atom. The summed E-state index contributed by atoms with van der Waals surface area (Å²) in [5.41, 5.74) is 3.52. The van der Waals surface area contributed by atoms with E-state index >= 15 is 0 Å². The SMILES string of the molecule is C=CCC.CC.CO.O=C1c2ccc(-c3ccccc3)cc2OCCN1c1ccc(N2CCNCC2)nc1. The molecule has 1 fully saturated rings. The van der Waals surface area contributed by atoms with E-state index < -0.39 is 0 Å². The fourth-order valence-electron chi connectivity index (χ4n) is 3.99. The maximum absolute atomic E-state index is 13.3. The van der Waals surface area contributed by atoms with Crippen LogP contribution in [0.2, 0.25) is 0 Å². The maximum Gasteiger partial charge on any atom is 0.262 e. The number of carbonyl (C=O) groups is 1. The number of aromatic nitrogens is 1. The Bertz CT molecular complexity index is 1100. The molecule has 1 aromatic heterocycles. The van der Waals surface area contributed by atoms with Crippen molar-refractivity contribution in [1.29, 1.82) is 0 Å². The van der Waals surface area contributed by atoms with Gasteiger partial charge in [-0.15, -0.1) is 6.58 Å². The lowest BCUT2D eigenvalue weighted by Crippen LogP contribution is -2.43. The Hall–Kier alpha value is -3.68. The Morgan fingerprint density at radius 3 is 2.29 bits per heavy atom. The Labute approximate surface area is 227 Å². The predicted molar refractivity (Wildman–Crippen MR) is 158 cm³/mol. The van der Waals surface area contributed by atoms with E-state index in [9.17, 15) is 4.79 Å². The van der Waals surface area contributed by atoms with Gasteiger partial charge in [0.25, 0.3) is 5.91 Å². The monoisotopic (exact) mass is 518 g/mol. The van der Waals surface area contributed by atoms with Gasteiger partial charge in [0.1, 0.15) is 18.2 Å². The molecule has 1 saturated heterocycles. The third kappa shape index (κ3) is 8.16. The highest BCUT2D eigenvalue weighted by atomic mass is 16.5. The van der Waals surface area contributed by atoms with Gasteiger partial charge in [-0.1, -0.05) is 63.2 Å². The largest absolute Gasteiger partial charge is 0.491 e. The summed E-state index contributed by atoms with van der Waals surface area (Å²) in [7, 11) is 1.00. The van der Waals surface area contributed by atoms with Crippen LogP contribution in [0.5, 0.6) is 5.75 Å². The first-order valence-corrected chi connectivity index (χ1v) is 13.3. The minimum atomic E-state index is -0.0566. The second-order valence-electron chi connectivity index (χ2n) is 8.19. The number of hydrogen-bond acceptors (Lipinski definition) is 6. The second kappa shape index (κ2) is 16.9. The molecule has 0 unspecified atom stereocenters. The maximum atomic E-state index is 13.3. The quantitative estimate of drug-likeness (QED) is 0.450. The minimum absolute atomic E-state index is 0.0566. The van der Waals surface area contributed by atoms with Gasteiger partial charge in [-0.25, -0.2) is 4.98 Å². The van der Waals surface area contributed by atoms with Crippen molar-refractivity contribution in [3.8, 4) is 16.9 Å². The Kier molecular flexibility index (Phi) is 13.6. The first-order valence-electron chi connectivity index (χ1n) is 13.3. The standard InChI is InChI=1S/C24H24N4O2.C4H8.C2H6.CH4O/c29-24-21-8-6-19(18-4-2-1-3-5-18)16-22(21)30-15-14-28(24)20-7-9-23(26-17-20)27-12-10-25-11-13-27;1-3-4-2;2*1-2/h1-9,16-17,25H,10-15H2;3H,1,4H2,2H3;1-2H3;2H,1H3. The smallest absolute Gasteiger partial charge is 0.262 e. The molecule has 0 spiro atoms. The molecule has 1 amide bonds. The van der Waals surface area contributed by atoms with Crippen molar-refractivity contribution >= 4 is 17.4 Å². The number of anilines is 2. The van der Waals surface area contributed by atoms with Gasteiger partial charge in [0.2, 0.25) is 0 Å². The molecular weight excluding hydrogens is 476 g/mol. The molecule has 38 heavy (non-hydrogen) atoms. The van der Waals surface area contributed by atoms with Crippen LogP contribution in [0.1, 0.15) is 37.6 Å². The molecule has 3 aromatic rings. The van der Waals surface area contributed by atoms with Crippen molar-refractivity contribution in [1.82, 2.24) is 10.3 Å². The molecular formula is C31H42N4O3. The normalized spacial score (nSPS) is 14.1. The number of piperazine rings is 1. The molecule has 7 nitrogen and oxygen atoms in total. The van der Waals surface area contributed by atoms with Crippen LogP contribution in [0.25, 0.3) is 11.1 Å². The number of allylic oxidation sites excluding steroid dienone is 1. The number of ether oxygens (including phenoxy) is 1. The van der Waals surface area contributed by atoms with Crippen LogP contribution in [0, 0.1) is 0 Å². The molecule has 2 N–H and O–H groups in total. The molecule has 204 valence electrons. The zero-order valence-electron chi connectivity index (χ0n) is 23.2. The first kappa shape index (κ1) is 30.5. The number of hydrogen-bond donors (Lipinski definition) is 2. The number of carbonyl (C=O) groups excluding carboxylic acids is 1. The summed E-state index contributed by atoms with van der Waals surface area (Å²) in [6.07, 6.45) is 4.75. The van der Waals surface area contributed by atoms with Crippen molar-refractivity contribution in [2.45, 2.75) is 27.2 Å². The molecule has 0 atom stereocenters. The molecule has 5 rings (SSSR count). The topological polar surface area (TPSA) is 77.9 Å². The molecule has 0 bridgehead atoms. The number of nitrogens with zero attached hydrogens (tertiary/aromatic N) is 3. The van der Waals surface area contributed by atoms with Gasteiger partial charge in [-0.2, -0.15) is 0 Å². The van der Waals surface area contributed by atoms with E-state index in [2.05, 4.69) is 40.8 Å². The summed E-state index contributed by atoms with van der Waals surface area (Å²) >= 11 is 0. The van der Waals surface area contributed by atoms with Crippen molar-refractivity contribution < 1.29 is 14.6 Å². The van der Waals surface area contributed by atoms with E-state index in [0.29, 0.717) is 24.5 Å². The van der Waals surface area contributed by atoms with Crippen LogP contribution in [0.3, 0.4) is 0 Å². The fourth-order valence-corrected chi connectivity index (χ4v) is 3.99. The highest BCUT2D eigenvalue weighted by molar-refractivity contribution is 6.08. The van der Waals surface area contributed by atoms with Crippen LogP contribution in [0.4, 0.5) is 11.5 Å². The zero-order chi connectivity index (χ0) is 27.8. The number of fused-ring (bicyclic) bond motifs is 1. The predicted octanol–water partition coefficient (Wildman–Crippen LogP) is 5.41. The van der Waals surface area contributed by atoms with Gasteiger partial charge in [-0.05, 0) is 41.8 Å². The van der Waals surface area contributed by atoms with Gasteiger partial charge in [0, 0.05) is 33.3 Å². The third-order valence-corrected chi connectivity index (χ3v) is 5.91. The van der Waals surface area contributed by atoms with Gasteiger partial charge < -0.3 is 25.0 Å². The average molecular weight is 519 g/mol. The zero-order valence-corrected chi connectivity index (χ0v) is 23.2. The molecule has 2 aliphatic rings. The van der Waals surface area contributed by atoms with Crippen LogP contribution < -0.4 is 19.9 Å². The first-order chi connectivity index (χ1) is 18.7. The summed E-state index contributed by atoms with van der Waals surface area (Å²) in [5.74, 6) is 1.53. The number of nitrogens with one attached hydrogen (secondary N) is 1. The van der Waals surface area contributed by atoms with Gasteiger partial charge in [0.05, 0.1) is 24.0 Å². The van der Waals surface area contributed by atoms with Crippen molar-refractivity contribution in [2.75, 3.05) is 56.2 Å². The van der Waals surface area contributed by atoms with E-state index in [1.54, 1.807) is 11.1 Å². The van der Waals surface area contributed by atoms with E-state index in [0.717, 1.165) is 62.3 Å². The van der Waals surface area contributed by atoms with Crippen LogP contribution in [-0.4, -0.2) is 62.4 Å². The lowest BCUT2D eigenvalue weighted by molar-refractivity contribution is 0.0989. The van der Waals surface area contributed by atoms with Gasteiger partial charge in [-0.3, -0.25) is 4.79 Å². The number of aliphatic hydroxyl groups is 1. The third-order valence-electron chi connectivity index (χ3n) is 5.91. The number of pyridine rings is 1. The van der Waals surface area contributed by atoms with Gasteiger partial charge in [0.15, 0.2) is 0 Å². The number of amides is 1. The fraction of sp³-hybridized carbons (Fsp3) is 0.355. The number of rotatable bonds is 4. The van der Waals surface area contributed by atoms with E-state index in [1.165, 1.54) is 0 Å². The van der Waals surface area contributed by atoms with Gasteiger partial charge >= 0.3 is 0 Å². The van der Waals surface area contributed by atoms with Crippen molar-refractivity contribution in [3.05, 3.63) is 85.1 Å². The average Bonchev–Trinajstić information content (AvgIpc) is 3.18. The molecule has 2 aliphatic heterocycles. The van der Waals surface area contributed by atoms with E-state index in [-0.39, 0.29) is 5.91 Å². The lowest BCUT2D eigenvalue weighted by Gasteiger charge is -2.29. The van der Waals surface area contributed by atoms with E-state index in [1.807, 2.05) is 68.5 Å². The summed E-state index contributed by atoms with van der Waals surface area (Å²) in [6.45, 7) is 14.3. The summed E-state index contributed by atoms with van der Waals surface area (Å²) in [4.78, 5) is 21.9. The Balaban J connectivity index is 0.000000571. The summed E-state index contributed by atoms with van der Waals surface area (Å²) in [6, 6.07) is 19.9. The van der Waals surface area contributed by atoms with Crippen LogP contribution in [-0.2, 0) is 0 Å². The number of benzene rings is 2. The van der Waals surface area contributed by atoms with Crippen molar-refractivity contribution in [3.63, 3.8) is 0 Å². The molecule has 2 aromatic carbocycles. The minimum Gasteiger partial charge on any atom is -0.491 e. The molecule has 3 heterocycles. The molecule has 0 radical (unpaired) electrons. The lowest BCUT2D eigenvalue weighted by atomic mass is 10.0. The summed E-state index contributed by atoms with van der Waals surface area (Å²) in [5, 5.41) is 10.3. The highest BCUT2D eigenvalue weighted by Crippen LogP contribution is 2.31.